The molecule has 0 atom stereocenters. The van der Waals surface area contributed by atoms with E-state index in [1.165, 1.54) is 7.11 Å². The number of benzene rings is 1. The summed E-state index contributed by atoms with van der Waals surface area (Å²) in [6.07, 6.45) is 0. The zero-order chi connectivity index (χ0) is 12.1. The first-order valence-corrected chi connectivity index (χ1v) is 5.80. The molecule has 0 aliphatic carbocycles. The van der Waals surface area contributed by atoms with Gasteiger partial charge in [-0.3, -0.25) is 0 Å². The molecule has 0 bridgehead atoms. The molecule has 88 valence electrons. The molecule has 16 heavy (non-hydrogen) atoms. The summed E-state index contributed by atoms with van der Waals surface area (Å²) < 4.78 is 15.9. The molecule has 1 aromatic carbocycles. The number of esters is 1. The average Bonchev–Trinajstić information content (AvgIpc) is 2.27. The third-order valence-corrected chi connectivity index (χ3v) is 2.81. The predicted octanol–water partition coefficient (Wildman–Crippen LogP) is 2.49. The number of halogens is 1. The Balaban J connectivity index is 3.21. The molecule has 0 unspecified atom stereocenters. The van der Waals surface area contributed by atoms with E-state index >= 15 is 0 Å². The number of rotatable bonds is 4. The summed E-state index contributed by atoms with van der Waals surface area (Å²) in [7, 11) is 3.07. The van der Waals surface area contributed by atoms with Gasteiger partial charge in [0.2, 0.25) is 0 Å². The summed E-state index contributed by atoms with van der Waals surface area (Å²) in [5.74, 6) is 0.725. The summed E-state index contributed by atoms with van der Waals surface area (Å²) in [5, 5.41) is 0. The second-order valence-electron chi connectivity index (χ2n) is 2.91. The van der Waals surface area contributed by atoms with Crippen LogP contribution in [0.5, 0.6) is 11.5 Å². The number of carbonyl (C=O) groups is 1. The van der Waals surface area contributed by atoms with Crippen LogP contribution in [0.2, 0.25) is 0 Å². The van der Waals surface area contributed by atoms with Crippen molar-refractivity contribution in [3.63, 3.8) is 0 Å². The van der Waals surface area contributed by atoms with Crippen LogP contribution in [0, 0.1) is 3.57 Å². The van der Waals surface area contributed by atoms with Gasteiger partial charge in [0.25, 0.3) is 0 Å². The molecular weight excluding hydrogens is 323 g/mol. The lowest BCUT2D eigenvalue weighted by Gasteiger charge is -2.11. The Morgan fingerprint density at radius 1 is 1.31 bits per heavy atom. The minimum Gasteiger partial charge on any atom is -0.497 e. The van der Waals surface area contributed by atoms with Gasteiger partial charge in [0.1, 0.15) is 17.1 Å². The summed E-state index contributed by atoms with van der Waals surface area (Å²) >= 11 is 2.05. The van der Waals surface area contributed by atoms with E-state index < -0.39 is 0 Å². The Morgan fingerprint density at radius 2 is 2.00 bits per heavy atom. The molecule has 0 spiro atoms. The van der Waals surface area contributed by atoms with Gasteiger partial charge in [0.15, 0.2) is 0 Å². The van der Waals surface area contributed by atoms with E-state index in [1.807, 2.05) is 0 Å². The lowest BCUT2D eigenvalue weighted by Crippen LogP contribution is -2.09. The maximum Gasteiger partial charge on any atom is 0.343 e. The van der Waals surface area contributed by atoms with Gasteiger partial charge in [-0.25, -0.2) is 4.79 Å². The molecule has 0 heterocycles. The van der Waals surface area contributed by atoms with Crippen LogP contribution in [0.1, 0.15) is 17.3 Å². The highest BCUT2D eigenvalue weighted by atomic mass is 127. The van der Waals surface area contributed by atoms with Crippen LogP contribution in [0.3, 0.4) is 0 Å². The minimum absolute atomic E-state index is 0.337. The lowest BCUT2D eigenvalue weighted by atomic mass is 10.2. The Labute approximate surface area is 108 Å². The van der Waals surface area contributed by atoms with Crippen molar-refractivity contribution in [2.24, 2.45) is 0 Å². The van der Waals surface area contributed by atoms with Crippen LogP contribution < -0.4 is 9.47 Å². The second-order valence-corrected chi connectivity index (χ2v) is 4.07. The Kier molecular flexibility index (Phi) is 4.85. The molecule has 0 aliphatic heterocycles. The van der Waals surface area contributed by atoms with E-state index in [0.717, 1.165) is 3.57 Å². The third kappa shape index (κ3) is 2.78. The van der Waals surface area contributed by atoms with Gasteiger partial charge in [-0.1, -0.05) is 0 Å². The maximum absolute atomic E-state index is 11.7. The topological polar surface area (TPSA) is 44.8 Å². The van der Waals surface area contributed by atoms with E-state index in [1.54, 1.807) is 26.2 Å². The molecular formula is C11H13IO4. The fourth-order valence-corrected chi connectivity index (χ4v) is 2.03. The highest BCUT2D eigenvalue weighted by molar-refractivity contribution is 14.1. The van der Waals surface area contributed by atoms with Crippen LogP contribution in [0.4, 0.5) is 0 Å². The van der Waals surface area contributed by atoms with E-state index in [0.29, 0.717) is 23.7 Å². The molecule has 1 aromatic rings. The van der Waals surface area contributed by atoms with Gasteiger partial charge in [0.05, 0.1) is 20.8 Å². The smallest absolute Gasteiger partial charge is 0.343 e. The summed E-state index contributed by atoms with van der Waals surface area (Å²) in [6.45, 7) is 2.10. The SMILES string of the molecule is CCOC(=O)c1c(I)cc(OC)cc1OC. The van der Waals surface area contributed by atoms with Crippen molar-refractivity contribution < 1.29 is 19.0 Å². The Bertz CT molecular complexity index is 390. The standard InChI is InChI=1S/C11H13IO4/c1-4-16-11(13)10-8(12)5-7(14-2)6-9(10)15-3/h5-6H,4H2,1-3H3. The van der Waals surface area contributed by atoms with Crippen molar-refractivity contribution in [1.82, 2.24) is 0 Å². The average molecular weight is 336 g/mol. The third-order valence-electron chi connectivity index (χ3n) is 1.96. The van der Waals surface area contributed by atoms with Gasteiger partial charge < -0.3 is 14.2 Å². The molecule has 5 heteroatoms. The Morgan fingerprint density at radius 3 is 2.50 bits per heavy atom. The normalized spacial score (nSPS) is 9.75. The Hall–Kier alpha value is -0.980. The highest BCUT2D eigenvalue weighted by Gasteiger charge is 2.18. The second kappa shape index (κ2) is 5.93. The first kappa shape index (κ1) is 13.1. The highest BCUT2D eigenvalue weighted by Crippen LogP contribution is 2.30. The predicted molar refractivity (Wildman–Crippen MR) is 68.2 cm³/mol. The summed E-state index contributed by atoms with van der Waals surface area (Å²) in [4.78, 5) is 11.7. The lowest BCUT2D eigenvalue weighted by molar-refractivity contribution is 0.0521. The van der Waals surface area contributed by atoms with Crippen molar-refractivity contribution in [3.8, 4) is 11.5 Å². The van der Waals surface area contributed by atoms with Gasteiger partial charge in [-0.2, -0.15) is 0 Å². The minimum atomic E-state index is -0.383. The zero-order valence-corrected chi connectivity index (χ0v) is 11.5. The fraction of sp³-hybridized carbons (Fsp3) is 0.364. The molecule has 0 aromatic heterocycles. The van der Waals surface area contributed by atoms with Gasteiger partial charge in [-0.05, 0) is 35.6 Å². The first-order chi connectivity index (χ1) is 7.63. The van der Waals surface area contributed by atoms with E-state index in [-0.39, 0.29) is 5.97 Å². The van der Waals surface area contributed by atoms with Gasteiger partial charge in [-0.15, -0.1) is 0 Å². The molecule has 0 aliphatic rings. The number of carbonyl (C=O) groups excluding carboxylic acids is 1. The molecule has 0 N–H and O–H groups in total. The van der Waals surface area contributed by atoms with Crippen LogP contribution in [0.15, 0.2) is 12.1 Å². The molecule has 0 fully saturated rings. The van der Waals surface area contributed by atoms with Crippen LogP contribution >= 0.6 is 22.6 Å². The van der Waals surface area contributed by atoms with Crippen molar-refractivity contribution in [1.29, 1.82) is 0 Å². The summed E-state index contributed by atoms with van der Waals surface area (Å²) in [6, 6.07) is 3.42. The van der Waals surface area contributed by atoms with E-state index in [9.17, 15) is 4.79 Å². The van der Waals surface area contributed by atoms with Crippen molar-refractivity contribution >= 4 is 28.6 Å². The maximum atomic E-state index is 11.7. The molecule has 1 rings (SSSR count). The van der Waals surface area contributed by atoms with Crippen molar-refractivity contribution in [2.75, 3.05) is 20.8 Å². The van der Waals surface area contributed by atoms with Crippen molar-refractivity contribution in [2.45, 2.75) is 6.92 Å². The number of hydrogen-bond donors (Lipinski definition) is 0. The molecule has 0 radical (unpaired) electrons. The molecule has 4 nitrogen and oxygen atoms in total. The largest absolute Gasteiger partial charge is 0.497 e. The molecule has 0 amide bonds. The summed E-state index contributed by atoms with van der Waals surface area (Å²) in [5.41, 5.74) is 0.436. The molecule has 0 saturated carbocycles. The van der Waals surface area contributed by atoms with Crippen LogP contribution in [0.25, 0.3) is 0 Å². The molecule has 0 saturated heterocycles. The monoisotopic (exact) mass is 336 g/mol. The van der Waals surface area contributed by atoms with Crippen molar-refractivity contribution in [3.05, 3.63) is 21.3 Å². The number of ether oxygens (including phenoxy) is 3. The van der Waals surface area contributed by atoms with Crippen LogP contribution in [-0.4, -0.2) is 26.8 Å². The van der Waals surface area contributed by atoms with Gasteiger partial charge in [0, 0.05) is 9.64 Å². The number of hydrogen-bond acceptors (Lipinski definition) is 4. The van der Waals surface area contributed by atoms with E-state index in [4.69, 9.17) is 14.2 Å². The first-order valence-electron chi connectivity index (χ1n) is 4.72. The fourth-order valence-electron chi connectivity index (χ4n) is 1.24. The number of methoxy groups -OCH3 is 2. The van der Waals surface area contributed by atoms with Crippen LogP contribution in [-0.2, 0) is 4.74 Å². The quantitative estimate of drug-likeness (QED) is 0.626. The van der Waals surface area contributed by atoms with Gasteiger partial charge >= 0.3 is 5.97 Å². The van der Waals surface area contributed by atoms with E-state index in [2.05, 4.69) is 22.6 Å². The zero-order valence-electron chi connectivity index (χ0n) is 9.37.